The van der Waals surface area contributed by atoms with Crippen molar-refractivity contribution in [1.29, 1.82) is 5.26 Å². The number of fused-ring (bicyclic) bond motifs is 3. The maximum absolute atomic E-state index is 8.88. The van der Waals surface area contributed by atoms with Crippen molar-refractivity contribution in [2.75, 3.05) is 5.32 Å². The molecule has 1 fully saturated rings. The number of nitriles is 1. The van der Waals surface area contributed by atoms with Crippen molar-refractivity contribution in [3.05, 3.63) is 48.3 Å². The molecule has 4 heterocycles. The summed E-state index contributed by atoms with van der Waals surface area (Å²) >= 11 is 0. The summed E-state index contributed by atoms with van der Waals surface area (Å²) < 4.78 is 2.12. The lowest BCUT2D eigenvalue weighted by atomic mass is 9.97. The van der Waals surface area contributed by atoms with Gasteiger partial charge in [0.2, 0.25) is 0 Å². The minimum absolute atomic E-state index is 0.310. The average molecular weight is 358 g/mol. The molecule has 1 saturated carbocycles. The van der Waals surface area contributed by atoms with Crippen molar-refractivity contribution >= 4 is 22.5 Å². The Morgan fingerprint density at radius 1 is 1.19 bits per heavy atom. The molecule has 5 rings (SSSR count). The van der Waals surface area contributed by atoms with Crippen LogP contribution < -0.4 is 5.32 Å². The summed E-state index contributed by atoms with van der Waals surface area (Å²) in [6, 6.07) is 8.03. The number of H-pyrrole nitrogens is 1. The van der Waals surface area contributed by atoms with Crippen molar-refractivity contribution in [3.63, 3.8) is 0 Å². The highest BCUT2D eigenvalue weighted by molar-refractivity contribution is 5.74. The highest BCUT2D eigenvalue weighted by atomic mass is 15.3. The molecule has 1 aliphatic carbocycles. The zero-order valence-electron chi connectivity index (χ0n) is 14.8. The summed E-state index contributed by atoms with van der Waals surface area (Å²) in [5.74, 6) is 1.78. The highest BCUT2D eigenvalue weighted by Gasteiger charge is 2.35. The van der Waals surface area contributed by atoms with E-state index in [0.29, 0.717) is 23.6 Å². The number of rotatable bonds is 3. The minimum atomic E-state index is 0.310. The molecule has 0 bridgehead atoms. The Labute approximate surface area is 155 Å². The van der Waals surface area contributed by atoms with E-state index < -0.39 is 0 Å². The van der Waals surface area contributed by atoms with Crippen LogP contribution in [-0.2, 0) is 0 Å². The highest BCUT2D eigenvalue weighted by Crippen LogP contribution is 2.40. The molecule has 3 atom stereocenters. The molecule has 0 radical (unpaired) electrons. The predicted molar refractivity (Wildman–Crippen MR) is 100 cm³/mol. The first kappa shape index (κ1) is 15.8. The van der Waals surface area contributed by atoms with Gasteiger partial charge in [-0.2, -0.15) is 5.26 Å². The fraction of sp³-hybridized carbons (Fsp3) is 0.316. The molecule has 8 nitrogen and oxygen atoms in total. The van der Waals surface area contributed by atoms with Crippen LogP contribution in [0.15, 0.2) is 36.8 Å². The van der Waals surface area contributed by atoms with Gasteiger partial charge in [-0.15, -0.1) is 10.2 Å². The standard InChI is InChI=1S/C19H18N8/c1-11-6-14(24-13-3-2-12(8-20)22-9-13)7-15(11)19-26-25-17-10-23-18-16(27(17)19)4-5-21-18/h2-5,9-11,14-15,21,24H,6-7H2,1H3/t11-,14+,15+/m0/s1. The Morgan fingerprint density at radius 3 is 2.93 bits per heavy atom. The molecule has 0 aliphatic heterocycles. The van der Waals surface area contributed by atoms with E-state index in [-0.39, 0.29) is 0 Å². The number of hydrogen-bond donors (Lipinski definition) is 2. The zero-order chi connectivity index (χ0) is 18.4. The van der Waals surface area contributed by atoms with Crippen molar-refractivity contribution in [2.45, 2.75) is 31.7 Å². The number of hydrogen-bond acceptors (Lipinski definition) is 6. The van der Waals surface area contributed by atoms with E-state index in [4.69, 9.17) is 5.26 Å². The molecular formula is C19H18N8. The second-order valence-electron chi connectivity index (χ2n) is 7.16. The fourth-order valence-corrected chi connectivity index (χ4v) is 4.15. The van der Waals surface area contributed by atoms with Crippen molar-refractivity contribution in [2.24, 2.45) is 5.92 Å². The van der Waals surface area contributed by atoms with Crippen LogP contribution in [0.2, 0.25) is 0 Å². The van der Waals surface area contributed by atoms with Gasteiger partial charge in [-0.25, -0.2) is 9.97 Å². The lowest BCUT2D eigenvalue weighted by Gasteiger charge is -2.14. The third-order valence-corrected chi connectivity index (χ3v) is 5.43. The maximum atomic E-state index is 8.88. The summed E-state index contributed by atoms with van der Waals surface area (Å²) in [5, 5.41) is 21.3. The molecule has 134 valence electrons. The Kier molecular flexibility index (Phi) is 3.53. The van der Waals surface area contributed by atoms with Crippen molar-refractivity contribution < 1.29 is 0 Å². The van der Waals surface area contributed by atoms with Gasteiger partial charge in [0.1, 0.15) is 17.6 Å². The van der Waals surface area contributed by atoms with E-state index in [1.807, 2.05) is 24.4 Å². The molecule has 2 N–H and O–H groups in total. The number of anilines is 1. The maximum Gasteiger partial charge on any atom is 0.179 e. The van der Waals surface area contributed by atoms with Gasteiger partial charge in [-0.1, -0.05) is 6.92 Å². The van der Waals surface area contributed by atoms with Gasteiger partial charge < -0.3 is 10.3 Å². The quantitative estimate of drug-likeness (QED) is 0.583. The van der Waals surface area contributed by atoms with Gasteiger partial charge in [-0.3, -0.25) is 4.40 Å². The molecule has 0 saturated heterocycles. The van der Waals surface area contributed by atoms with Crippen LogP contribution in [0, 0.1) is 17.2 Å². The zero-order valence-corrected chi connectivity index (χ0v) is 14.8. The Bertz CT molecular complexity index is 1150. The van der Waals surface area contributed by atoms with Crippen LogP contribution in [0.5, 0.6) is 0 Å². The lowest BCUT2D eigenvalue weighted by Crippen LogP contribution is -2.16. The molecule has 0 spiro atoms. The summed E-state index contributed by atoms with van der Waals surface area (Å²) in [4.78, 5) is 11.7. The van der Waals surface area contributed by atoms with E-state index >= 15 is 0 Å². The molecule has 0 amide bonds. The molecule has 1 aliphatic rings. The number of aromatic nitrogens is 6. The van der Waals surface area contributed by atoms with E-state index in [2.05, 4.69) is 41.8 Å². The van der Waals surface area contributed by atoms with Crippen LogP contribution in [0.3, 0.4) is 0 Å². The first-order valence-electron chi connectivity index (χ1n) is 9.02. The van der Waals surface area contributed by atoms with Gasteiger partial charge in [0, 0.05) is 18.2 Å². The number of nitrogens with one attached hydrogen (secondary N) is 2. The Morgan fingerprint density at radius 2 is 2.11 bits per heavy atom. The smallest absolute Gasteiger partial charge is 0.179 e. The number of aromatic amines is 1. The summed E-state index contributed by atoms with van der Waals surface area (Å²) in [5.41, 5.74) is 3.99. The summed E-state index contributed by atoms with van der Waals surface area (Å²) in [7, 11) is 0. The van der Waals surface area contributed by atoms with E-state index in [0.717, 1.165) is 41.2 Å². The normalized spacial score (nSPS) is 22.3. The summed E-state index contributed by atoms with van der Waals surface area (Å²) in [6.45, 7) is 2.26. The third-order valence-electron chi connectivity index (χ3n) is 5.43. The molecule has 27 heavy (non-hydrogen) atoms. The van der Waals surface area contributed by atoms with Gasteiger partial charge in [0.15, 0.2) is 11.3 Å². The van der Waals surface area contributed by atoms with Gasteiger partial charge in [0.05, 0.1) is 23.6 Å². The van der Waals surface area contributed by atoms with Crippen molar-refractivity contribution in [3.8, 4) is 6.07 Å². The first-order valence-corrected chi connectivity index (χ1v) is 9.02. The van der Waals surface area contributed by atoms with Gasteiger partial charge in [-0.05, 0) is 37.0 Å². The van der Waals surface area contributed by atoms with E-state index in [9.17, 15) is 0 Å². The molecule has 8 heteroatoms. The van der Waals surface area contributed by atoms with E-state index in [1.54, 1.807) is 18.5 Å². The second-order valence-corrected chi connectivity index (χ2v) is 7.16. The first-order chi connectivity index (χ1) is 13.2. The minimum Gasteiger partial charge on any atom is -0.381 e. The Hall–Kier alpha value is -3.47. The lowest BCUT2D eigenvalue weighted by molar-refractivity contribution is 0.507. The number of pyridine rings is 1. The predicted octanol–water partition coefficient (Wildman–Crippen LogP) is 2.87. The van der Waals surface area contributed by atoms with Crippen LogP contribution in [0.1, 0.15) is 37.2 Å². The van der Waals surface area contributed by atoms with Gasteiger partial charge >= 0.3 is 0 Å². The van der Waals surface area contributed by atoms with Crippen LogP contribution in [0.25, 0.3) is 16.8 Å². The van der Waals surface area contributed by atoms with E-state index in [1.165, 1.54) is 0 Å². The fourth-order valence-electron chi connectivity index (χ4n) is 4.15. The summed E-state index contributed by atoms with van der Waals surface area (Å²) in [6.07, 6.45) is 7.38. The number of nitrogens with zero attached hydrogens (tertiary/aromatic N) is 6. The average Bonchev–Trinajstić information content (AvgIpc) is 3.39. The van der Waals surface area contributed by atoms with Gasteiger partial charge in [0.25, 0.3) is 0 Å². The largest absolute Gasteiger partial charge is 0.381 e. The molecule has 4 aromatic rings. The second kappa shape index (κ2) is 6.06. The molecule has 0 unspecified atom stereocenters. The monoisotopic (exact) mass is 358 g/mol. The Balaban J connectivity index is 1.43. The van der Waals surface area contributed by atoms with Crippen molar-refractivity contribution in [1.82, 2.24) is 29.5 Å². The van der Waals surface area contributed by atoms with Crippen LogP contribution >= 0.6 is 0 Å². The van der Waals surface area contributed by atoms with Crippen LogP contribution in [0.4, 0.5) is 5.69 Å². The molecular weight excluding hydrogens is 340 g/mol. The SMILES string of the molecule is C[C@H]1C[C@@H](Nc2ccc(C#N)nc2)C[C@H]1c1nnc2cnc3[nH]ccc3n12. The van der Waals surface area contributed by atoms with Crippen LogP contribution in [-0.4, -0.2) is 35.6 Å². The third kappa shape index (κ3) is 2.59. The molecule has 0 aromatic carbocycles. The topological polar surface area (TPSA) is 108 Å². The molecule has 4 aromatic heterocycles.